The van der Waals surface area contributed by atoms with Gasteiger partial charge in [-0.1, -0.05) is 23.2 Å². The molecule has 2 rings (SSSR count). The van der Waals surface area contributed by atoms with Gasteiger partial charge in [0, 0.05) is 5.02 Å². The minimum Gasteiger partial charge on any atom is -0.465 e. The Morgan fingerprint density at radius 2 is 1.77 bits per heavy atom. The first-order valence-electron chi connectivity index (χ1n) is 5.97. The third-order valence-electron chi connectivity index (χ3n) is 2.71. The Kier molecular flexibility index (Phi) is 5.45. The van der Waals surface area contributed by atoms with Crippen LogP contribution in [-0.2, 0) is 4.74 Å². The molecular weight excluding hydrogens is 395 g/mol. The molecule has 0 amide bonds. The zero-order chi connectivity index (χ0) is 16.3. The molecule has 0 fully saturated rings. The van der Waals surface area contributed by atoms with Gasteiger partial charge in [0.05, 0.1) is 27.7 Å². The molecule has 22 heavy (non-hydrogen) atoms. The highest BCUT2D eigenvalue weighted by Gasteiger charge is 2.16. The summed E-state index contributed by atoms with van der Waals surface area (Å²) < 4.78 is 10.3. The number of carbonyl (C=O) groups excluding carboxylic acids is 2. The zero-order valence-electron chi connectivity index (χ0n) is 11.2. The number of benzene rings is 2. The molecule has 7 heteroatoms. The van der Waals surface area contributed by atoms with Crippen molar-refractivity contribution in [3.8, 4) is 5.75 Å². The lowest BCUT2D eigenvalue weighted by atomic mass is 10.2. The molecule has 0 aliphatic rings. The average Bonchev–Trinajstić information content (AvgIpc) is 2.48. The van der Waals surface area contributed by atoms with E-state index >= 15 is 0 Å². The number of esters is 2. The Morgan fingerprint density at radius 3 is 2.36 bits per heavy atom. The summed E-state index contributed by atoms with van der Waals surface area (Å²) in [5.41, 5.74) is 0.522. The smallest absolute Gasteiger partial charge is 0.345 e. The quantitative estimate of drug-likeness (QED) is 0.547. The van der Waals surface area contributed by atoms with Crippen molar-refractivity contribution in [3.63, 3.8) is 0 Å². The summed E-state index contributed by atoms with van der Waals surface area (Å²) >= 11 is 15.0. The van der Waals surface area contributed by atoms with Crippen LogP contribution in [-0.4, -0.2) is 19.0 Å². The highest BCUT2D eigenvalue weighted by Crippen LogP contribution is 2.28. The van der Waals surface area contributed by atoms with E-state index in [4.69, 9.17) is 27.9 Å². The molecule has 0 saturated carbocycles. The predicted molar refractivity (Wildman–Crippen MR) is 86.9 cm³/mol. The summed E-state index contributed by atoms with van der Waals surface area (Å²) in [6.07, 6.45) is 0. The van der Waals surface area contributed by atoms with E-state index in [1.165, 1.54) is 37.4 Å². The van der Waals surface area contributed by atoms with Crippen LogP contribution in [0.1, 0.15) is 20.7 Å². The fourth-order valence-corrected chi connectivity index (χ4v) is 2.58. The maximum absolute atomic E-state index is 12.1. The van der Waals surface area contributed by atoms with Crippen LogP contribution in [0.4, 0.5) is 0 Å². The fourth-order valence-electron chi connectivity index (χ4n) is 1.64. The number of methoxy groups -OCH3 is 1. The molecule has 4 nitrogen and oxygen atoms in total. The van der Waals surface area contributed by atoms with E-state index in [0.29, 0.717) is 15.1 Å². The van der Waals surface area contributed by atoms with Crippen molar-refractivity contribution in [2.75, 3.05) is 7.11 Å². The SMILES string of the molecule is COC(=O)c1ccc(OC(=O)c2ccc(Cl)cc2Cl)c(Br)c1. The molecule has 0 bridgehead atoms. The molecule has 0 spiro atoms. The van der Waals surface area contributed by atoms with Gasteiger partial charge in [0.1, 0.15) is 5.75 Å². The molecule has 2 aromatic rings. The second-order valence-corrected chi connectivity index (χ2v) is 5.85. The van der Waals surface area contributed by atoms with Gasteiger partial charge >= 0.3 is 11.9 Å². The Labute approximate surface area is 145 Å². The number of carbonyl (C=O) groups is 2. The van der Waals surface area contributed by atoms with Gasteiger partial charge in [-0.3, -0.25) is 0 Å². The summed E-state index contributed by atoms with van der Waals surface area (Å²) in [4.78, 5) is 23.5. The molecule has 0 aromatic heterocycles. The van der Waals surface area contributed by atoms with Crippen LogP contribution in [0.3, 0.4) is 0 Å². The highest BCUT2D eigenvalue weighted by molar-refractivity contribution is 9.10. The highest BCUT2D eigenvalue weighted by atomic mass is 79.9. The van der Waals surface area contributed by atoms with Crippen LogP contribution in [0, 0.1) is 0 Å². The van der Waals surface area contributed by atoms with Gasteiger partial charge in [0.25, 0.3) is 0 Å². The van der Waals surface area contributed by atoms with E-state index in [2.05, 4.69) is 20.7 Å². The Balaban J connectivity index is 2.23. The second kappa shape index (κ2) is 7.13. The summed E-state index contributed by atoms with van der Waals surface area (Å²) in [7, 11) is 1.28. The second-order valence-electron chi connectivity index (χ2n) is 4.15. The van der Waals surface area contributed by atoms with Gasteiger partial charge in [-0.15, -0.1) is 0 Å². The van der Waals surface area contributed by atoms with Gasteiger partial charge < -0.3 is 9.47 Å². The normalized spacial score (nSPS) is 10.2. The first kappa shape index (κ1) is 16.8. The number of hydrogen-bond acceptors (Lipinski definition) is 4. The molecule has 0 heterocycles. The standard InChI is InChI=1S/C15H9BrCl2O4/c1-21-14(19)8-2-5-13(11(16)6-8)22-15(20)10-4-3-9(17)7-12(10)18/h2-7H,1H3. The first-order chi connectivity index (χ1) is 10.4. The molecule has 0 atom stereocenters. The lowest BCUT2D eigenvalue weighted by Crippen LogP contribution is -2.10. The Hall–Kier alpha value is -1.56. The van der Waals surface area contributed by atoms with Gasteiger partial charge in [-0.2, -0.15) is 0 Å². The van der Waals surface area contributed by atoms with E-state index in [-0.39, 0.29) is 16.3 Å². The van der Waals surface area contributed by atoms with Crippen LogP contribution in [0.2, 0.25) is 10.0 Å². The van der Waals surface area contributed by atoms with E-state index in [9.17, 15) is 9.59 Å². The van der Waals surface area contributed by atoms with Crippen LogP contribution in [0.15, 0.2) is 40.9 Å². The molecule has 0 aliphatic heterocycles. The molecule has 0 unspecified atom stereocenters. The van der Waals surface area contributed by atoms with Crippen LogP contribution in [0.25, 0.3) is 0 Å². The first-order valence-corrected chi connectivity index (χ1v) is 7.52. The van der Waals surface area contributed by atoms with Crippen molar-refractivity contribution in [2.45, 2.75) is 0 Å². The van der Waals surface area contributed by atoms with Crippen molar-refractivity contribution in [2.24, 2.45) is 0 Å². The van der Waals surface area contributed by atoms with Gasteiger partial charge in [-0.25, -0.2) is 9.59 Å². The molecule has 2 aromatic carbocycles. The molecule has 0 N–H and O–H groups in total. The number of rotatable bonds is 3. The number of hydrogen-bond donors (Lipinski definition) is 0. The van der Waals surface area contributed by atoms with Crippen molar-refractivity contribution in [1.29, 1.82) is 0 Å². The molecule has 0 radical (unpaired) electrons. The summed E-state index contributed by atoms with van der Waals surface area (Å²) in [6, 6.07) is 8.94. The molecular formula is C15H9BrCl2O4. The predicted octanol–water partition coefficient (Wildman–Crippen LogP) is 4.76. The Morgan fingerprint density at radius 1 is 1.05 bits per heavy atom. The molecule has 114 valence electrons. The average molecular weight is 404 g/mol. The maximum Gasteiger partial charge on any atom is 0.345 e. The van der Waals surface area contributed by atoms with Crippen LogP contribution in [0.5, 0.6) is 5.75 Å². The van der Waals surface area contributed by atoms with E-state index in [0.717, 1.165) is 0 Å². The lowest BCUT2D eigenvalue weighted by molar-refractivity contribution is 0.0600. The van der Waals surface area contributed by atoms with Crippen molar-refractivity contribution in [1.82, 2.24) is 0 Å². The maximum atomic E-state index is 12.1. The van der Waals surface area contributed by atoms with Gasteiger partial charge in [0.15, 0.2) is 0 Å². The topological polar surface area (TPSA) is 52.6 Å². The lowest BCUT2D eigenvalue weighted by Gasteiger charge is -2.09. The fraction of sp³-hybridized carbons (Fsp3) is 0.0667. The van der Waals surface area contributed by atoms with Gasteiger partial charge in [-0.05, 0) is 52.3 Å². The van der Waals surface area contributed by atoms with Crippen molar-refractivity contribution >= 4 is 51.1 Å². The minimum absolute atomic E-state index is 0.190. The largest absolute Gasteiger partial charge is 0.465 e. The van der Waals surface area contributed by atoms with E-state index < -0.39 is 11.9 Å². The van der Waals surface area contributed by atoms with E-state index in [1.807, 2.05) is 0 Å². The monoisotopic (exact) mass is 402 g/mol. The van der Waals surface area contributed by atoms with Crippen LogP contribution < -0.4 is 4.74 Å². The molecule has 0 saturated heterocycles. The van der Waals surface area contributed by atoms with E-state index in [1.54, 1.807) is 6.07 Å². The summed E-state index contributed by atoms with van der Waals surface area (Å²) in [6.45, 7) is 0. The van der Waals surface area contributed by atoms with Crippen molar-refractivity contribution < 1.29 is 19.1 Å². The van der Waals surface area contributed by atoms with Gasteiger partial charge in [0.2, 0.25) is 0 Å². The number of ether oxygens (including phenoxy) is 2. The zero-order valence-corrected chi connectivity index (χ0v) is 14.3. The minimum atomic E-state index is -0.631. The summed E-state index contributed by atoms with van der Waals surface area (Å²) in [5, 5.41) is 0.616. The van der Waals surface area contributed by atoms with Crippen LogP contribution >= 0.6 is 39.1 Å². The number of halogens is 3. The third-order valence-corrected chi connectivity index (χ3v) is 3.87. The molecule has 0 aliphatic carbocycles. The third kappa shape index (κ3) is 3.80. The Bertz CT molecular complexity index is 746. The van der Waals surface area contributed by atoms with Crippen molar-refractivity contribution in [3.05, 3.63) is 62.0 Å². The summed E-state index contributed by atoms with van der Waals surface area (Å²) in [5.74, 6) is -0.865.